The van der Waals surface area contributed by atoms with E-state index >= 15 is 0 Å². The Morgan fingerprint density at radius 3 is 2.81 bits per heavy atom. The van der Waals surface area contributed by atoms with E-state index in [0.717, 1.165) is 11.1 Å². The van der Waals surface area contributed by atoms with Crippen molar-refractivity contribution in [2.75, 3.05) is 13.7 Å². The molecule has 1 aromatic carbocycles. The molecule has 4 heteroatoms. The van der Waals surface area contributed by atoms with Crippen LogP contribution in [0.3, 0.4) is 0 Å². The summed E-state index contributed by atoms with van der Waals surface area (Å²) in [5.74, 6) is -0.397. The number of methoxy groups -OCH3 is 1. The fourth-order valence-electron chi connectivity index (χ4n) is 1.45. The first kappa shape index (κ1) is 12.8. The molecule has 0 bridgehead atoms. The summed E-state index contributed by atoms with van der Waals surface area (Å²) in [6, 6.07) is 3.75. The van der Waals surface area contributed by atoms with Gasteiger partial charge in [0.25, 0.3) is 0 Å². The van der Waals surface area contributed by atoms with Crippen LogP contribution in [0.25, 0.3) is 0 Å². The van der Waals surface area contributed by atoms with Gasteiger partial charge in [-0.25, -0.2) is 4.39 Å². The van der Waals surface area contributed by atoms with Crippen LogP contribution in [0.1, 0.15) is 11.1 Å². The highest BCUT2D eigenvalue weighted by Crippen LogP contribution is 2.11. The van der Waals surface area contributed by atoms with Gasteiger partial charge in [0.2, 0.25) is 0 Å². The Labute approximate surface area is 94.4 Å². The van der Waals surface area contributed by atoms with E-state index in [1.807, 2.05) is 0 Å². The summed E-state index contributed by atoms with van der Waals surface area (Å²) >= 11 is 0. The molecule has 3 nitrogen and oxygen atoms in total. The van der Waals surface area contributed by atoms with Crippen molar-refractivity contribution < 1.29 is 13.9 Å². The molecule has 0 spiro atoms. The summed E-state index contributed by atoms with van der Waals surface area (Å²) in [6.45, 7) is 1.98. The maximum atomic E-state index is 12.8. The smallest absolute Gasteiger partial charge is 0.156 e. The molecule has 1 unspecified atom stereocenters. The maximum absolute atomic E-state index is 12.8. The number of aryl methyl sites for hydroxylation is 1. The van der Waals surface area contributed by atoms with Crippen molar-refractivity contribution in [1.29, 1.82) is 0 Å². The Hall–Kier alpha value is -1.26. The summed E-state index contributed by atoms with van der Waals surface area (Å²) in [4.78, 5) is 11.6. The van der Waals surface area contributed by atoms with Crippen LogP contribution in [0.15, 0.2) is 18.2 Å². The summed E-state index contributed by atoms with van der Waals surface area (Å²) in [6.07, 6.45) is 0.219. The second-order valence-electron chi connectivity index (χ2n) is 3.78. The third-order valence-electron chi connectivity index (χ3n) is 2.43. The zero-order valence-corrected chi connectivity index (χ0v) is 9.50. The van der Waals surface area contributed by atoms with E-state index in [9.17, 15) is 9.18 Å². The third-order valence-corrected chi connectivity index (χ3v) is 2.43. The van der Waals surface area contributed by atoms with E-state index in [-0.39, 0.29) is 24.6 Å². The lowest BCUT2D eigenvalue weighted by molar-refractivity contribution is -0.120. The molecule has 0 radical (unpaired) electrons. The summed E-state index contributed by atoms with van der Waals surface area (Å²) < 4.78 is 17.6. The minimum atomic E-state index is -0.616. The zero-order valence-electron chi connectivity index (χ0n) is 9.50. The number of carbonyl (C=O) groups excluding carboxylic acids is 1. The molecule has 0 aliphatic carbocycles. The van der Waals surface area contributed by atoms with Gasteiger partial charge in [-0.2, -0.15) is 0 Å². The topological polar surface area (TPSA) is 52.3 Å². The van der Waals surface area contributed by atoms with Crippen LogP contribution < -0.4 is 5.73 Å². The SMILES string of the molecule is COCC(N)C(=O)Cc1ccc(F)cc1C. The molecule has 0 aliphatic rings. The van der Waals surface area contributed by atoms with Gasteiger partial charge in [-0.15, -0.1) is 0 Å². The molecule has 1 atom stereocenters. The van der Waals surface area contributed by atoms with Crippen molar-refractivity contribution in [3.8, 4) is 0 Å². The molecule has 1 rings (SSSR count). The number of ketones is 1. The summed E-state index contributed by atoms with van der Waals surface area (Å²) in [5.41, 5.74) is 7.17. The van der Waals surface area contributed by atoms with Gasteiger partial charge in [0, 0.05) is 13.5 Å². The first-order valence-corrected chi connectivity index (χ1v) is 5.07. The molecule has 16 heavy (non-hydrogen) atoms. The highest BCUT2D eigenvalue weighted by Gasteiger charge is 2.14. The second-order valence-corrected chi connectivity index (χ2v) is 3.78. The third kappa shape index (κ3) is 3.40. The van der Waals surface area contributed by atoms with Crippen molar-refractivity contribution >= 4 is 5.78 Å². The van der Waals surface area contributed by atoms with Gasteiger partial charge >= 0.3 is 0 Å². The number of Topliss-reactive ketones (excluding diaryl/α,β-unsaturated/α-hetero) is 1. The molecule has 0 saturated heterocycles. The molecule has 88 valence electrons. The fraction of sp³-hybridized carbons (Fsp3) is 0.417. The van der Waals surface area contributed by atoms with Crippen LogP contribution in [0, 0.1) is 12.7 Å². The molecule has 0 aliphatic heterocycles. The van der Waals surface area contributed by atoms with Crippen LogP contribution in [0.2, 0.25) is 0 Å². The first-order chi connectivity index (χ1) is 7.54. The van der Waals surface area contributed by atoms with E-state index < -0.39 is 6.04 Å². The van der Waals surface area contributed by atoms with Crippen molar-refractivity contribution in [3.05, 3.63) is 35.1 Å². The molecule has 0 amide bonds. The molecular formula is C12H16FNO2. The number of ether oxygens (including phenoxy) is 1. The van der Waals surface area contributed by atoms with Crippen LogP contribution in [0.5, 0.6) is 0 Å². The van der Waals surface area contributed by atoms with E-state index in [1.54, 1.807) is 13.0 Å². The lowest BCUT2D eigenvalue weighted by Gasteiger charge is -2.10. The van der Waals surface area contributed by atoms with Gasteiger partial charge in [0.15, 0.2) is 5.78 Å². The number of hydrogen-bond donors (Lipinski definition) is 1. The second kappa shape index (κ2) is 5.72. The van der Waals surface area contributed by atoms with Gasteiger partial charge in [-0.1, -0.05) is 6.07 Å². The molecule has 2 N–H and O–H groups in total. The molecule has 0 fully saturated rings. The Morgan fingerprint density at radius 1 is 1.56 bits per heavy atom. The minimum Gasteiger partial charge on any atom is -0.383 e. The summed E-state index contributed by atoms with van der Waals surface area (Å²) in [5, 5.41) is 0. The number of hydrogen-bond acceptors (Lipinski definition) is 3. The van der Waals surface area contributed by atoms with E-state index in [2.05, 4.69) is 0 Å². The minimum absolute atomic E-state index is 0.100. The Bertz CT molecular complexity index is 379. The highest BCUT2D eigenvalue weighted by atomic mass is 19.1. The molecule has 0 heterocycles. The van der Waals surface area contributed by atoms with E-state index in [0.29, 0.717) is 0 Å². The number of benzene rings is 1. The number of carbonyl (C=O) groups is 1. The van der Waals surface area contributed by atoms with Crippen molar-refractivity contribution in [1.82, 2.24) is 0 Å². The number of halogens is 1. The van der Waals surface area contributed by atoms with Gasteiger partial charge < -0.3 is 10.5 Å². The lowest BCUT2D eigenvalue weighted by atomic mass is 10.0. The number of rotatable bonds is 5. The van der Waals surface area contributed by atoms with Crippen LogP contribution in [0.4, 0.5) is 4.39 Å². The molecular weight excluding hydrogens is 209 g/mol. The standard InChI is InChI=1S/C12H16FNO2/c1-8-5-10(13)4-3-9(8)6-12(15)11(14)7-16-2/h3-5,11H,6-7,14H2,1-2H3. The highest BCUT2D eigenvalue weighted by molar-refractivity contribution is 5.86. The van der Waals surface area contributed by atoms with Gasteiger partial charge in [0.05, 0.1) is 12.6 Å². The maximum Gasteiger partial charge on any atom is 0.156 e. The molecule has 0 saturated carbocycles. The predicted molar refractivity (Wildman–Crippen MR) is 59.7 cm³/mol. The van der Waals surface area contributed by atoms with E-state index in [4.69, 9.17) is 10.5 Å². The largest absolute Gasteiger partial charge is 0.383 e. The molecule has 0 aromatic heterocycles. The Kier molecular flexibility index (Phi) is 4.58. The first-order valence-electron chi connectivity index (χ1n) is 5.07. The average molecular weight is 225 g/mol. The molecule has 1 aromatic rings. The van der Waals surface area contributed by atoms with Gasteiger partial charge in [-0.05, 0) is 30.2 Å². The Balaban J connectivity index is 2.69. The Morgan fingerprint density at radius 2 is 2.25 bits per heavy atom. The van der Waals surface area contributed by atoms with Gasteiger partial charge in [0.1, 0.15) is 5.82 Å². The fourth-order valence-corrected chi connectivity index (χ4v) is 1.45. The van der Waals surface area contributed by atoms with Crippen LogP contribution in [-0.4, -0.2) is 25.5 Å². The van der Waals surface area contributed by atoms with E-state index in [1.165, 1.54) is 19.2 Å². The average Bonchev–Trinajstić information content (AvgIpc) is 2.22. The van der Waals surface area contributed by atoms with Crippen LogP contribution in [-0.2, 0) is 16.0 Å². The zero-order chi connectivity index (χ0) is 12.1. The number of nitrogens with two attached hydrogens (primary N) is 1. The van der Waals surface area contributed by atoms with Crippen molar-refractivity contribution in [2.45, 2.75) is 19.4 Å². The normalized spacial score (nSPS) is 12.5. The van der Waals surface area contributed by atoms with Gasteiger partial charge in [-0.3, -0.25) is 4.79 Å². The predicted octanol–water partition coefficient (Wildman–Crippen LogP) is 1.22. The lowest BCUT2D eigenvalue weighted by Crippen LogP contribution is -2.36. The van der Waals surface area contributed by atoms with Crippen LogP contribution >= 0.6 is 0 Å². The quantitative estimate of drug-likeness (QED) is 0.819. The summed E-state index contributed by atoms with van der Waals surface area (Å²) in [7, 11) is 1.50. The van der Waals surface area contributed by atoms with Crippen molar-refractivity contribution in [2.24, 2.45) is 5.73 Å². The van der Waals surface area contributed by atoms with Crippen molar-refractivity contribution in [3.63, 3.8) is 0 Å². The monoisotopic (exact) mass is 225 g/mol.